The van der Waals surface area contributed by atoms with Crippen LogP contribution in [0.5, 0.6) is 0 Å². The van der Waals surface area contributed by atoms with Gasteiger partial charge in [-0.2, -0.15) is 10.5 Å². The van der Waals surface area contributed by atoms with Crippen molar-refractivity contribution in [1.29, 1.82) is 10.5 Å². The second kappa shape index (κ2) is 26.1. The fraction of sp³-hybridized carbons (Fsp3) is 0. The molecule has 8 nitrogen and oxygen atoms in total. The van der Waals surface area contributed by atoms with Crippen LogP contribution in [0.25, 0.3) is 211 Å². The van der Waals surface area contributed by atoms with E-state index in [1.54, 1.807) is 0 Å². The van der Waals surface area contributed by atoms with Crippen molar-refractivity contribution in [2.45, 2.75) is 0 Å². The molecular formula is C100H58N8. The number of hydrogen-bond donors (Lipinski definition) is 0. The lowest BCUT2D eigenvalue weighted by atomic mass is 9.83. The van der Waals surface area contributed by atoms with Crippen molar-refractivity contribution < 1.29 is 0 Å². The highest BCUT2D eigenvalue weighted by Crippen LogP contribution is 2.56. The first-order valence-electron chi connectivity index (χ1n) is 36.1. The number of nitriles is 2. The Labute approximate surface area is 622 Å². The van der Waals surface area contributed by atoms with Crippen molar-refractivity contribution in [3.63, 3.8) is 0 Å². The summed E-state index contributed by atoms with van der Waals surface area (Å²) in [4.78, 5) is 30.6. The third-order valence-electron chi connectivity index (χ3n) is 21.3. The molecule has 0 saturated heterocycles. The number of rotatable bonds is 10. The highest BCUT2D eigenvalue weighted by atomic mass is 15.0. The minimum absolute atomic E-state index is 0.629. The first kappa shape index (κ1) is 62.8. The zero-order chi connectivity index (χ0) is 71.8. The molecule has 0 atom stereocenters. The average molecular weight is 1370 g/mol. The largest absolute Gasteiger partial charge is 0.208 e. The molecule has 2 aliphatic carbocycles. The summed E-state index contributed by atoms with van der Waals surface area (Å²) in [5.74, 6) is 3.79. The van der Waals surface area contributed by atoms with Crippen molar-refractivity contribution in [1.82, 2.24) is 29.9 Å². The Hall–Kier alpha value is -15.0. The molecule has 19 aromatic rings. The lowest BCUT2D eigenvalue weighted by Gasteiger charge is -2.20. The maximum atomic E-state index is 9.63. The summed E-state index contributed by atoms with van der Waals surface area (Å²) in [7, 11) is 0. The van der Waals surface area contributed by atoms with Gasteiger partial charge in [-0.1, -0.05) is 322 Å². The Morgan fingerprint density at radius 2 is 0.407 bits per heavy atom. The molecule has 0 spiro atoms. The highest BCUT2D eigenvalue weighted by molar-refractivity contribution is 6.29. The molecule has 498 valence electrons. The van der Waals surface area contributed by atoms with Crippen LogP contribution in [-0.2, 0) is 0 Å². The van der Waals surface area contributed by atoms with E-state index >= 15 is 0 Å². The predicted molar refractivity (Wildman–Crippen MR) is 440 cm³/mol. The molecule has 108 heavy (non-hydrogen) atoms. The van der Waals surface area contributed by atoms with E-state index in [1.165, 1.54) is 66.1 Å². The molecule has 0 fully saturated rings. The van der Waals surface area contributed by atoms with Gasteiger partial charge >= 0.3 is 0 Å². The Morgan fingerprint density at radius 3 is 0.778 bits per heavy atom. The number of benzene rings is 17. The van der Waals surface area contributed by atoms with Gasteiger partial charge in [-0.05, 0) is 173 Å². The van der Waals surface area contributed by atoms with Gasteiger partial charge in [-0.25, -0.2) is 29.9 Å². The van der Waals surface area contributed by atoms with E-state index in [-0.39, 0.29) is 0 Å². The molecule has 2 aromatic heterocycles. The molecule has 0 unspecified atom stereocenters. The van der Waals surface area contributed by atoms with Crippen LogP contribution < -0.4 is 0 Å². The quantitative estimate of drug-likeness (QED) is 0.124. The Balaban J connectivity index is 0.000000143. The van der Waals surface area contributed by atoms with E-state index in [0.717, 1.165) is 110 Å². The van der Waals surface area contributed by atoms with Gasteiger partial charge in [0, 0.05) is 33.4 Å². The van der Waals surface area contributed by atoms with Gasteiger partial charge in [0.15, 0.2) is 34.9 Å². The van der Waals surface area contributed by atoms with Gasteiger partial charge in [0.2, 0.25) is 0 Å². The summed E-state index contributed by atoms with van der Waals surface area (Å²) in [6.07, 6.45) is 0. The van der Waals surface area contributed by atoms with Crippen LogP contribution in [0.15, 0.2) is 352 Å². The van der Waals surface area contributed by atoms with Crippen LogP contribution in [0, 0.1) is 22.7 Å². The molecule has 21 rings (SSSR count). The number of fused-ring (bicyclic) bond motifs is 9. The summed E-state index contributed by atoms with van der Waals surface area (Å²) in [6, 6.07) is 127. The first-order chi connectivity index (χ1) is 53.5. The lowest BCUT2D eigenvalue weighted by molar-refractivity contribution is 1.08. The Morgan fingerprint density at radius 1 is 0.157 bits per heavy atom. The maximum Gasteiger partial charge on any atom is 0.165 e. The van der Waals surface area contributed by atoms with E-state index < -0.39 is 0 Å². The standard InChI is InChI=1S/C52H30N4.C48H28N4/c53-31-32-23-25-33(26-24-32)36-27-28-43-37-17-7-8-18-38(37)44-29-30-45(47(36)48(43)44)46-39-19-9-11-21-41(39)49(42-22-12-10-20-40(42)46)52-55-50(34-13-3-1-4-14-34)54-51(56-52)35-15-5-2-6-16-35;49-29-30-19-21-31(22-20-30)34-23-25-40-36-16-8-9-17-37(36)41-26-27-42(44(34)45(40)41)39-24-28-43(38-18-10-7-15-35(38)39)48-51-46(32-11-3-1-4-12-32)50-47(52-48)33-13-5-2-6-14-33/h1-30H;1-28H. The molecule has 0 amide bonds. The van der Waals surface area contributed by atoms with E-state index in [4.69, 9.17) is 29.9 Å². The van der Waals surface area contributed by atoms with Gasteiger partial charge in [0.25, 0.3) is 0 Å². The number of nitrogens with zero attached hydrogens (tertiary/aromatic N) is 8. The van der Waals surface area contributed by atoms with E-state index in [2.05, 4.69) is 218 Å². The molecular weight excluding hydrogens is 1310 g/mol. The van der Waals surface area contributed by atoms with Crippen LogP contribution >= 0.6 is 0 Å². The third kappa shape index (κ3) is 10.5. The number of hydrogen-bond acceptors (Lipinski definition) is 8. The summed E-state index contributed by atoms with van der Waals surface area (Å²) >= 11 is 0. The predicted octanol–water partition coefficient (Wildman–Crippen LogP) is 25.2. The van der Waals surface area contributed by atoms with Gasteiger partial charge < -0.3 is 0 Å². The number of aromatic nitrogens is 6. The second-order valence-corrected chi connectivity index (χ2v) is 27.2. The molecule has 0 bridgehead atoms. The third-order valence-corrected chi connectivity index (χ3v) is 21.3. The fourth-order valence-electron chi connectivity index (χ4n) is 16.4. The van der Waals surface area contributed by atoms with Crippen molar-refractivity contribution in [2.75, 3.05) is 0 Å². The fourth-order valence-corrected chi connectivity index (χ4v) is 16.4. The summed E-state index contributed by atoms with van der Waals surface area (Å²) < 4.78 is 0. The SMILES string of the molecule is N#Cc1ccc(-c2ccc3c4c(ccc(-c5c6ccccc6c(-c6nc(-c7ccccc7)nc(-c7ccccc7)n6)c6ccccc56)c24)-c2ccccc2-3)cc1.N#Cc1ccc(-c2ccc3c4c(ccc(-c5ccc(-c6nc(-c7ccccc7)nc(-c7ccccc7)n6)c6ccccc56)c24)-c2ccccc2-3)cc1. The van der Waals surface area contributed by atoms with Crippen molar-refractivity contribution in [3.8, 4) is 169 Å². The van der Waals surface area contributed by atoms with E-state index in [1.807, 2.05) is 146 Å². The average Bonchev–Trinajstić information content (AvgIpc) is 1.41. The van der Waals surface area contributed by atoms with Gasteiger partial charge in [0.1, 0.15) is 0 Å². The van der Waals surface area contributed by atoms with Crippen LogP contribution in [0.4, 0.5) is 0 Å². The van der Waals surface area contributed by atoms with Crippen LogP contribution in [0.1, 0.15) is 11.1 Å². The second-order valence-electron chi connectivity index (χ2n) is 27.2. The topological polar surface area (TPSA) is 125 Å². The molecule has 17 aromatic carbocycles. The molecule has 0 aliphatic heterocycles. The molecule has 0 radical (unpaired) electrons. The molecule has 8 heteroatoms. The Bertz CT molecular complexity index is 6740. The molecule has 2 aliphatic rings. The van der Waals surface area contributed by atoms with Crippen LogP contribution in [-0.4, -0.2) is 29.9 Å². The zero-order valence-electron chi connectivity index (χ0n) is 58.1. The summed E-state index contributed by atoms with van der Waals surface area (Å²) in [5, 5.41) is 30.6. The lowest BCUT2D eigenvalue weighted by Crippen LogP contribution is -2.01. The van der Waals surface area contributed by atoms with E-state index in [0.29, 0.717) is 46.1 Å². The van der Waals surface area contributed by atoms with Gasteiger partial charge in [0.05, 0.1) is 23.3 Å². The summed E-state index contributed by atoms with van der Waals surface area (Å²) in [5.41, 5.74) is 25.9. The molecule has 0 N–H and O–H groups in total. The van der Waals surface area contributed by atoms with Crippen molar-refractivity contribution in [3.05, 3.63) is 363 Å². The van der Waals surface area contributed by atoms with Crippen LogP contribution in [0.3, 0.4) is 0 Å². The Kier molecular flexibility index (Phi) is 15.2. The van der Waals surface area contributed by atoms with Gasteiger partial charge in [-0.3, -0.25) is 0 Å². The zero-order valence-corrected chi connectivity index (χ0v) is 58.1. The van der Waals surface area contributed by atoms with Gasteiger partial charge in [-0.15, -0.1) is 0 Å². The van der Waals surface area contributed by atoms with E-state index in [9.17, 15) is 10.5 Å². The minimum atomic E-state index is 0.629. The molecule has 2 heterocycles. The maximum absolute atomic E-state index is 9.63. The van der Waals surface area contributed by atoms with Crippen LogP contribution in [0.2, 0.25) is 0 Å². The van der Waals surface area contributed by atoms with Crippen molar-refractivity contribution in [2.24, 2.45) is 0 Å². The normalized spacial score (nSPS) is 11.5. The first-order valence-corrected chi connectivity index (χ1v) is 36.1. The highest BCUT2D eigenvalue weighted by Gasteiger charge is 2.30. The monoisotopic (exact) mass is 1370 g/mol. The smallest absolute Gasteiger partial charge is 0.165 e. The molecule has 0 saturated carbocycles. The minimum Gasteiger partial charge on any atom is -0.208 e. The van der Waals surface area contributed by atoms with Crippen molar-refractivity contribution >= 4 is 53.9 Å². The summed E-state index contributed by atoms with van der Waals surface area (Å²) in [6.45, 7) is 0.